The number of halogens is 4. The predicted molar refractivity (Wildman–Crippen MR) is 63.5 cm³/mol. The van der Waals surface area contributed by atoms with Crippen LogP contribution in [0.3, 0.4) is 0 Å². The molecule has 0 aromatic rings. The molecule has 0 bridgehead atoms. The fourth-order valence-electron chi connectivity index (χ4n) is 1.26. The van der Waals surface area contributed by atoms with Crippen molar-refractivity contribution in [2.24, 2.45) is 5.41 Å². The van der Waals surface area contributed by atoms with Gasteiger partial charge in [-0.2, -0.15) is 13.2 Å². The minimum atomic E-state index is -4.23. The van der Waals surface area contributed by atoms with Crippen LogP contribution < -0.4 is 5.32 Å². The first-order valence-electron chi connectivity index (χ1n) is 5.68. The van der Waals surface area contributed by atoms with Crippen molar-refractivity contribution in [2.45, 2.75) is 32.9 Å². The van der Waals surface area contributed by atoms with Crippen LogP contribution in [0.25, 0.3) is 0 Å². The minimum absolute atomic E-state index is 0.120. The van der Waals surface area contributed by atoms with Crippen molar-refractivity contribution in [2.75, 3.05) is 32.2 Å². The molecule has 2 nitrogen and oxygen atoms in total. The third-order valence-corrected chi connectivity index (χ3v) is 2.47. The summed E-state index contributed by atoms with van der Waals surface area (Å²) in [6.45, 7) is 4.63. The van der Waals surface area contributed by atoms with E-state index in [4.69, 9.17) is 11.6 Å². The van der Waals surface area contributed by atoms with Gasteiger partial charge in [0.2, 0.25) is 0 Å². The van der Waals surface area contributed by atoms with Crippen LogP contribution in [0.1, 0.15) is 26.7 Å². The quantitative estimate of drug-likeness (QED) is 0.515. The average Bonchev–Trinajstić information content (AvgIpc) is 2.14. The third-order valence-electron chi connectivity index (χ3n) is 2.28. The van der Waals surface area contributed by atoms with Crippen molar-refractivity contribution >= 4 is 11.6 Å². The first-order chi connectivity index (χ1) is 7.77. The average molecular weight is 276 g/mol. The van der Waals surface area contributed by atoms with Crippen LogP contribution in [0.2, 0.25) is 0 Å². The zero-order chi connectivity index (χ0) is 13.4. The second-order valence-corrected chi connectivity index (χ2v) is 5.18. The Morgan fingerprint density at radius 1 is 1.24 bits per heavy atom. The molecule has 0 heterocycles. The van der Waals surface area contributed by atoms with Crippen LogP contribution >= 0.6 is 11.6 Å². The monoisotopic (exact) mass is 275 g/mol. The molecule has 104 valence electrons. The molecule has 0 atom stereocenters. The van der Waals surface area contributed by atoms with Crippen LogP contribution in [-0.2, 0) is 4.74 Å². The summed E-state index contributed by atoms with van der Waals surface area (Å²) in [4.78, 5) is 0. The molecule has 0 aromatic heterocycles. The highest BCUT2D eigenvalue weighted by atomic mass is 35.5. The van der Waals surface area contributed by atoms with Gasteiger partial charge in [0.15, 0.2) is 0 Å². The van der Waals surface area contributed by atoms with E-state index < -0.39 is 12.8 Å². The molecule has 1 N–H and O–H groups in total. The van der Waals surface area contributed by atoms with Gasteiger partial charge in [-0.3, -0.25) is 0 Å². The van der Waals surface area contributed by atoms with Crippen LogP contribution in [0.4, 0.5) is 13.2 Å². The molecule has 17 heavy (non-hydrogen) atoms. The van der Waals surface area contributed by atoms with E-state index in [9.17, 15) is 13.2 Å². The largest absolute Gasteiger partial charge is 0.411 e. The predicted octanol–water partition coefficient (Wildman–Crippen LogP) is 3.20. The number of hydrogen-bond donors (Lipinski definition) is 1. The highest BCUT2D eigenvalue weighted by molar-refractivity contribution is 6.17. The molecular weight excluding hydrogens is 255 g/mol. The Balaban J connectivity index is 3.35. The first kappa shape index (κ1) is 17.0. The zero-order valence-electron chi connectivity index (χ0n) is 10.4. The number of alkyl halides is 4. The summed E-state index contributed by atoms with van der Waals surface area (Å²) in [6.07, 6.45) is -2.74. The lowest BCUT2D eigenvalue weighted by atomic mass is 9.90. The number of nitrogens with one attached hydrogen (secondary N) is 1. The highest BCUT2D eigenvalue weighted by Crippen LogP contribution is 2.19. The minimum Gasteiger partial charge on any atom is -0.372 e. The zero-order valence-corrected chi connectivity index (χ0v) is 11.1. The fraction of sp³-hybridized carbons (Fsp3) is 1.00. The van der Waals surface area contributed by atoms with Crippen LogP contribution in [0.5, 0.6) is 0 Å². The van der Waals surface area contributed by atoms with Gasteiger partial charge >= 0.3 is 6.18 Å². The normalized spacial score (nSPS) is 13.1. The summed E-state index contributed by atoms with van der Waals surface area (Å²) in [6, 6.07) is 0. The highest BCUT2D eigenvalue weighted by Gasteiger charge is 2.27. The van der Waals surface area contributed by atoms with E-state index in [2.05, 4.69) is 23.9 Å². The molecule has 0 spiro atoms. The molecule has 6 heteroatoms. The topological polar surface area (TPSA) is 21.3 Å². The van der Waals surface area contributed by atoms with Crippen molar-refractivity contribution in [3.63, 3.8) is 0 Å². The third kappa shape index (κ3) is 12.2. The van der Waals surface area contributed by atoms with Crippen molar-refractivity contribution < 1.29 is 17.9 Å². The smallest absolute Gasteiger partial charge is 0.372 e. The van der Waals surface area contributed by atoms with Crippen molar-refractivity contribution in [3.05, 3.63) is 0 Å². The van der Waals surface area contributed by atoms with E-state index in [1.807, 2.05) is 0 Å². The number of ether oxygens (including phenoxy) is 1. The molecule has 0 saturated heterocycles. The molecule has 0 amide bonds. The van der Waals surface area contributed by atoms with Gasteiger partial charge in [-0.05, 0) is 24.8 Å². The molecule has 0 rings (SSSR count). The van der Waals surface area contributed by atoms with Gasteiger partial charge in [-0.25, -0.2) is 0 Å². The van der Waals surface area contributed by atoms with Crippen molar-refractivity contribution in [1.82, 2.24) is 5.32 Å². The van der Waals surface area contributed by atoms with E-state index in [1.54, 1.807) is 0 Å². The SMILES string of the molecule is CC(C)(CCCl)CNCCCOCC(F)(F)F. The van der Waals surface area contributed by atoms with Gasteiger partial charge in [0.05, 0.1) is 0 Å². The maximum absolute atomic E-state index is 11.7. The Hall–Kier alpha value is -0.0000000000000000555. The Morgan fingerprint density at radius 2 is 1.88 bits per heavy atom. The standard InChI is InChI=1S/C11H21ClF3NO/c1-10(2,4-5-12)8-16-6-3-7-17-9-11(13,14)15/h16H,3-9H2,1-2H3. The molecule has 0 aliphatic carbocycles. The molecule has 0 saturated carbocycles. The molecule has 0 aliphatic rings. The Morgan fingerprint density at radius 3 is 2.41 bits per heavy atom. The molecule has 0 aliphatic heterocycles. The molecule has 0 unspecified atom stereocenters. The van der Waals surface area contributed by atoms with Gasteiger partial charge in [0, 0.05) is 19.0 Å². The number of rotatable bonds is 9. The van der Waals surface area contributed by atoms with E-state index in [1.165, 1.54) is 0 Å². The maximum Gasteiger partial charge on any atom is 0.411 e. The summed E-state index contributed by atoms with van der Waals surface area (Å²) >= 11 is 5.66. The molecule has 0 radical (unpaired) electrons. The maximum atomic E-state index is 11.7. The number of hydrogen-bond acceptors (Lipinski definition) is 2. The molecule has 0 fully saturated rings. The van der Waals surface area contributed by atoms with Gasteiger partial charge in [0.25, 0.3) is 0 Å². The van der Waals surface area contributed by atoms with Gasteiger partial charge in [-0.15, -0.1) is 11.6 Å². The summed E-state index contributed by atoms with van der Waals surface area (Å²) in [5, 5.41) is 3.19. The first-order valence-corrected chi connectivity index (χ1v) is 6.21. The van der Waals surface area contributed by atoms with E-state index in [0.717, 1.165) is 13.0 Å². The second kappa shape index (κ2) is 8.16. The van der Waals surface area contributed by atoms with Crippen molar-refractivity contribution in [1.29, 1.82) is 0 Å². The van der Waals surface area contributed by atoms with Gasteiger partial charge in [0.1, 0.15) is 6.61 Å². The van der Waals surface area contributed by atoms with Crippen LogP contribution in [0, 0.1) is 5.41 Å². The van der Waals surface area contributed by atoms with E-state index in [0.29, 0.717) is 18.8 Å². The van der Waals surface area contributed by atoms with Crippen molar-refractivity contribution in [3.8, 4) is 0 Å². The summed E-state index contributed by atoms with van der Waals surface area (Å²) in [5.74, 6) is 0.614. The lowest BCUT2D eigenvalue weighted by molar-refractivity contribution is -0.173. The molecular formula is C11H21ClF3NO. The Kier molecular flexibility index (Phi) is 8.16. The van der Waals surface area contributed by atoms with E-state index >= 15 is 0 Å². The second-order valence-electron chi connectivity index (χ2n) is 4.80. The molecule has 0 aromatic carbocycles. The van der Waals surface area contributed by atoms with Gasteiger partial charge < -0.3 is 10.1 Å². The Bertz CT molecular complexity index is 198. The van der Waals surface area contributed by atoms with E-state index in [-0.39, 0.29) is 12.0 Å². The lowest BCUT2D eigenvalue weighted by Gasteiger charge is -2.23. The van der Waals surface area contributed by atoms with Crippen LogP contribution in [-0.4, -0.2) is 38.4 Å². The van der Waals surface area contributed by atoms with Gasteiger partial charge in [-0.1, -0.05) is 13.8 Å². The summed E-state index contributed by atoms with van der Waals surface area (Å²) in [5.41, 5.74) is 0.120. The summed E-state index contributed by atoms with van der Waals surface area (Å²) in [7, 11) is 0. The fourth-order valence-corrected chi connectivity index (χ4v) is 1.77. The summed E-state index contributed by atoms with van der Waals surface area (Å²) < 4.78 is 39.6. The lowest BCUT2D eigenvalue weighted by Crippen LogP contribution is -2.31. The Labute approximate surface area is 106 Å². The van der Waals surface area contributed by atoms with Crippen LogP contribution in [0.15, 0.2) is 0 Å².